The highest BCUT2D eigenvalue weighted by Crippen LogP contribution is 2.31. The first-order valence-electron chi connectivity index (χ1n) is 8.67. The molecule has 0 amide bonds. The van der Waals surface area contributed by atoms with Crippen LogP contribution in [0.1, 0.15) is 32.8 Å². The van der Waals surface area contributed by atoms with E-state index in [1.165, 1.54) is 6.07 Å². The molecule has 0 aliphatic rings. The number of nitro groups is 1. The van der Waals surface area contributed by atoms with E-state index in [-0.39, 0.29) is 11.4 Å². The minimum Gasteiger partial charge on any atom is -0.494 e. The summed E-state index contributed by atoms with van der Waals surface area (Å²) in [5, 5.41) is 11.2. The largest absolute Gasteiger partial charge is 0.494 e. The van der Waals surface area contributed by atoms with Crippen molar-refractivity contribution in [1.29, 1.82) is 0 Å². The molecule has 2 aromatic carbocycles. The van der Waals surface area contributed by atoms with Crippen molar-refractivity contribution in [3.8, 4) is 11.5 Å². The van der Waals surface area contributed by atoms with E-state index in [0.717, 1.165) is 17.7 Å². The molecule has 0 aromatic heterocycles. The van der Waals surface area contributed by atoms with E-state index in [0.29, 0.717) is 24.9 Å². The fourth-order valence-electron chi connectivity index (χ4n) is 2.22. The van der Waals surface area contributed by atoms with E-state index < -0.39 is 4.92 Å². The van der Waals surface area contributed by atoms with Gasteiger partial charge in [-0.3, -0.25) is 10.1 Å². The monoisotopic (exact) mass is 356 g/mol. The minimum atomic E-state index is -0.457. The third kappa shape index (κ3) is 5.88. The quantitative estimate of drug-likeness (QED) is 0.353. The summed E-state index contributed by atoms with van der Waals surface area (Å²) in [6.07, 6.45) is 2.60. The van der Waals surface area contributed by atoms with Crippen LogP contribution < -0.4 is 9.47 Å². The number of ether oxygens (including phenoxy) is 2. The fourth-order valence-corrected chi connectivity index (χ4v) is 2.22. The Bertz CT molecular complexity index is 755. The third-order valence-corrected chi connectivity index (χ3v) is 3.65. The van der Waals surface area contributed by atoms with Crippen LogP contribution in [0.25, 0.3) is 0 Å². The summed E-state index contributed by atoms with van der Waals surface area (Å²) in [6.45, 7) is 7.27. The maximum absolute atomic E-state index is 11.2. The number of aliphatic imine (C=N–C) groups is 1. The van der Waals surface area contributed by atoms with E-state index in [1.807, 2.05) is 31.2 Å². The van der Waals surface area contributed by atoms with Gasteiger partial charge >= 0.3 is 0 Å². The van der Waals surface area contributed by atoms with Crippen molar-refractivity contribution in [3.05, 3.63) is 58.1 Å². The summed E-state index contributed by atoms with van der Waals surface area (Å²) in [4.78, 5) is 15.0. The van der Waals surface area contributed by atoms with Gasteiger partial charge in [-0.05, 0) is 61.2 Å². The highest BCUT2D eigenvalue weighted by Gasteiger charge is 2.14. The molecule has 0 saturated heterocycles. The zero-order valence-corrected chi connectivity index (χ0v) is 15.3. The van der Waals surface area contributed by atoms with Gasteiger partial charge in [0.05, 0.1) is 24.2 Å². The van der Waals surface area contributed by atoms with Crippen molar-refractivity contribution < 1.29 is 14.4 Å². The van der Waals surface area contributed by atoms with Crippen LogP contribution in [0.2, 0.25) is 0 Å². The second kappa shape index (κ2) is 9.56. The number of benzene rings is 2. The maximum atomic E-state index is 11.2. The summed E-state index contributed by atoms with van der Waals surface area (Å²) in [6, 6.07) is 12.1. The predicted molar refractivity (Wildman–Crippen MR) is 103 cm³/mol. The molecular weight excluding hydrogens is 332 g/mol. The van der Waals surface area contributed by atoms with Crippen LogP contribution in [0.15, 0.2) is 47.5 Å². The van der Waals surface area contributed by atoms with Crippen molar-refractivity contribution in [2.75, 3.05) is 13.2 Å². The average Bonchev–Trinajstić information content (AvgIpc) is 2.61. The van der Waals surface area contributed by atoms with E-state index in [9.17, 15) is 10.1 Å². The molecule has 0 radical (unpaired) electrons. The topological polar surface area (TPSA) is 74.0 Å². The first kappa shape index (κ1) is 19.4. The van der Waals surface area contributed by atoms with Gasteiger partial charge in [-0.2, -0.15) is 0 Å². The van der Waals surface area contributed by atoms with Gasteiger partial charge in [0.15, 0.2) is 0 Å². The smallest absolute Gasteiger partial charge is 0.298 e. The summed E-state index contributed by atoms with van der Waals surface area (Å²) in [7, 11) is 0. The van der Waals surface area contributed by atoms with Gasteiger partial charge in [0.25, 0.3) is 5.69 Å². The molecule has 2 rings (SSSR count). The van der Waals surface area contributed by atoms with Crippen LogP contribution in [0.3, 0.4) is 0 Å². The van der Waals surface area contributed by atoms with Gasteiger partial charge < -0.3 is 9.47 Å². The number of nitrogens with zero attached hydrogens (tertiary/aromatic N) is 2. The van der Waals surface area contributed by atoms with Crippen molar-refractivity contribution >= 4 is 17.6 Å². The molecule has 138 valence electrons. The Hall–Kier alpha value is -2.89. The lowest BCUT2D eigenvalue weighted by Crippen LogP contribution is -2.01. The maximum Gasteiger partial charge on any atom is 0.298 e. The number of hydrogen-bond acceptors (Lipinski definition) is 5. The minimum absolute atomic E-state index is 0.0826. The summed E-state index contributed by atoms with van der Waals surface area (Å²) in [5.41, 5.74) is 1.04. The predicted octanol–water partition coefficient (Wildman–Crippen LogP) is 5.17. The Morgan fingerprint density at radius 3 is 2.42 bits per heavy atom. The Morgan fingerprint density at radius 2 is 1.81 bits per heavy atom. The zero-order valence-electron chi connectivity index (χ0n) is 15.3. The molecule has 6 heteroatoms. The molecule has 0 saturated carbocycles. The first-order valence-corrected chi connectivity index (χ1v) is 8.67. The van der Waals surface area contributed by atoms with Gasteiger partial charge in [0.1, 0.15) is 17.2 Å². The van der Waals surface area contributed by atoms with Crippen LogP contribution in [0.4, 0.5) is 11.4 Å². The Balaban J connectivity index is 2.08. The molecule has 0 fully saturated rings. The van der Waals surface area contributed by atoms with Gasteiger partial charge in [0, 0.05) is 6.21 Å². The fraction of sp³-hybridized carbons (Fsp3) is 0.350. The van der Waals surface area contributed by atoms with E-state index in [2.05, 4.69) is 18.8 Å². The summed E-state index contributed by atoms with van der Waals surface area (Å²) >= 11 is 0. The molecule has 0 heterocycles. The van der Waals surface area contributed by atoms with Gasteiger partial charge in [0.2, 0.25) is 0 Å². The molecule has 0 aliphatic carbocycles. The van der Waals surface area contributed by atoms with Crippen molar-refractivity contribution in [3.63, 3.8) is 0 Å². The lowest BCUT2D eigenvalue weighted by Gasteiger charge is -2.08. The lowest BCUT2D eigenvalue weighted by atomic mass is 10.1. The molecule has 0 N–H and O–H groups in total. The highest BCUT2D eigenvalue weighted by molar-refractivity contribution is 5.83. The second-order valence-corrected chi connectivity index (χ2v) is 6.20. The SMILES string of the molecule is CCOc1ccc(N=Cc2ccc(OCCC(C)C)cc2)c([N+](=O)[O-])c1. The Morgan fingerprint density at radius 1 is 1.12 bits per heavy atom. The molecule has 0 bridgehead atoms. The van der Waals surface area contributed by atoms with E-state index >= 15 is 0 Å². The molecule has 0 unspecified atom stereocenters. The van der Waals surface area contributed by atoms with E-state index in [1.54, 1.807) is 18.3 Å². The van der Waals surface area contributed by atoms with Gasteiger partial charge in [-0.1, -0.05) is 13.8 Å². The second-order valence-electron chi connectivity index (χ2n) is 6.20. The van der Waals surface area contributed by atoms with Crippen molar-refractivity contribution in [2.24, 2.45) is 10.9 Å². The molecule has 0 atom stereocenters. The lowest BCUT2D eigenvalue weighted by molar-refractivity contribution is -0.384. The number of hydrogen-bond donors (Lipinski definition) is 0. The number of rotatable bonds is 9. The van der Waals surface area contributed by atoms with E-state index in [4.69, 9.17) is 9.47 Å². The Kier molecular flexibility index (Phi) is 7.14. The highest BCUT2D eigenvalue weighted by atomic mass is 16.6. The van der Waals surface area contributed by atoms with Gasteiger partial charge in [-0.15, -0.1) is 0 Å². The van der Waals surface area contributed by atoms with Crippen molar-refractivity contribution in [2.45, 2.75) is 27.2 Å². The Labute approximate surface area is 153 Å². The van der Waals surface area contributed by atoms with Crippen LogP contribution in [-0.4, -0.2) is 24.4 Å². The molecule has 2 aromatic rings. The van der Waals surface area contributed by atoms with Crippen LogP contribution >= 0.6 is 0 Å². The molecule has 0 aliphatic heterocycles. The summed E-state index contributed by atoms with van der Waals surface area (Å²) in [5.74, 6) is 1.86. The number of nitro benzene ring substituents is 1. The standard InChI is InChI=1S/C20H24N2O4/c1-4-25-18-9-10-19(20(13-18)22(23)24)21-14-16-5-7-17(8-6-16)26-12-11-15(2)3/h5-10,13-15H,4,11-12H2,1-3H3. The van der Waals surface area contributed by atoms with Crippen LogP contribution in [-0.2, 0) is 0 Å². The van der Waals surface area contributed by atoms with Crippen LogP contribution in [0, 0.1) is 16.0 Å². The average molecular weight is 356 g/mol. The van der Waals surface area contributed by atoms with Gasteiger partial charge in [-0.25, -0.2) is 4.99 Å². The molecule has 6 nitrogen and oxygen atoms in total. The molecular formula is C20H24N2O4. The molecule has 26 heavy (non-hydrogen) atoms. The summed E-state index contributed by atoms with van der Waals surface area (Å²) < 4.78 is 11.0. The third-order valence-electron chi connectivity index (χ3n) is 3.65. The normalized spacial score (nSPS) is 11.1. The first-order chi connectivity index (χ1) is 12.5. The van der Waals surface area contributed by atoms with Crippen LogP contribution in [0.5, 0.6) is 11.5 Å². The zero-order chi connectivity index (χ0) is 18.9. The van der Waals surface area contributed by atoms with Crippen molar-refractivity contribution in [1.82, 2.24) is 0 Å². The molecule has 0 spiro atoms.